The van der Waals surface area contributed by atoms with Crippen molar-refractivity contribution in [3.05, 3.63) is 58.6 Å². The van der Waals surface area contributed by atoms with E-state index in [1.165, 1.54) is 24.3 Å². The first-order chi connectivity index (χ1) is 14.0. The molecule has 0 radical (unpaired) electrons. The van der Waals surface area contributed by atoms with Gasteiger partial charge in [-0.2, -0.15) is 15.5 Å². The fraction of sp³-hybridized carbons (Fsp3) is 0.300. The van der Waals surface area contributed by atoms with E-state index >= 15 is 0 Å². The monoisotopic (exact) mass is 394 g/mol. The average Bonchev–Trinajstić information content (AvgIpc) is 2.73. The summed E-state index contributed by atoms with van der Waals surface area (Å²) in [6.07, 6.45) is 0.706. The van der Waals surface area contributed by atoms with Gasteiger partial charge in [0.05, 0.1) is 28.8 Å². The fourth-order valence-electron chi connectivity index (χ4n) is 2.56. The molecule has 29 heavy (non-hydrogen) atoms. The summed E-state index contributed by atoms with van der Waals surface area (Å²) in [5.74, 6) is -0.0250. The van der Waals surface area contributed by atoms with Crippen molar-refractivity contribution in [2.24, 2.45) is 10.2 Å². The van der Waals surface area contributed by atoms with E-state index < -0.39 is 4.92 Å². The lowest BCUT2D eigenvalue weighted by Crippen LogP contribution is -2.31. The number of anilines is 1. The standard InChI is InChI=1S/C20H22N6O3/c1-2-22-20(27)12-15-25(14-3-13-21)18-8-4-16(5-9-18)23-24-17-6-10-19(11-7-17)26(28)29/h4-11H,2-3,12,14-15H2,1H3,(H,22,27). The number of carbonyl (C=O) groups is 1. The van der Waals surface area contributed by atoms with E-state index in [4.69, 9.17) is 5.26 Å². The van der Waals surface area contributed by atoms with Crippen LogP contribution in [0.1, 0.15) is 19.8 Å². The molecule has 2 aromatic rings. The Balaban J connectivity index is 2.03. The molecule has 0 aromatic heterocycles. The van der Waals surface area contributed by atoms with Gasteiger partial charge in [-0.1, -0.05) is 0 Å². The van der Waals surface area contributed by atoms with E-state index in [0.717, 1.165) is 5.69 Å². The summed E-state index contributed by atoms with van der Waals surface area (Å²) in [5.41, 5.74) is 2.02. The van der Waals surface area contributed by atoms with Crippen molar-refractivity contribution in [1.82, 2.24) is 5.32 Å². The first kappa shape index (κ1) is 21.5. The maximum Gasteiger partial charge on any atom is 0.269 e. The summed E-state index contributed by atoms with van der Waals surface area (Å²) in [4.78, 5) is 23.9. The van der Waals surface area contributed by atoms with Crippen LogP contribution in [0.5, 0.6) is 0 Å². The number of carbonyl (C=O) groups excluding carboxylic acids is 1. The van der Waals surface area contributed by atoms with E-state index in [1.807, 2.05) is 24.0 Å². The average molecular weight is 394 g/mol. The van der Waals surface area contributed by atoms with Crippen molar-refractivity contribution in [3.63, 3.8) is 0 Å². The zero-order valence-corrected chi connectivity index (χ0v) is 16.1. The predicted octanol–water partition coefficient (Wildman–Crippen LogP) is 4.26. The van der Waals surface area contributed by atoms with Crippen LogP contribution < -0.4 is 10.2 Å². The Labute approximate surface area is 168 Å². The Morgan fingerprint density at radius 3 is 2.21 bits per heavy atom. The van der Waals surface area contributed by atoms with E-state index in [1.54, 1.807) is 12.1 Å². The molecule has 1 N–H and O–H groups in total. The number of nitriles is 1. The summed E-state index contributed by atoms with van der Waals surface area (Å²) < 4.78 is 0. The van der Waals surface area contributed by atoms with Gasteiger partial charge in [-0.05, 0) is 43.3 Å². The highest BCUT2D eigenvalue weighted by molar-refractivity contribution is 5.76. The Morgan fingerprint density at radius 1 is 1.10 bits per heavy atom. The third-order valence-corrected chi connectivity index (χ3v) is 4.03. The number of hydrogen-bond acceptors (Lipinski definition) is 7. The molecule has 0 unspecified atom stereocenters. The van der Waals surface area contributed by atoms with Crippen molar-refractivity contribution >= 4 is 28.7 Å². The number of hydrogen-bond donors (Lipinski definition) is 1. The summed E-state index contributed by atoms with van der Waals surface area (Å²) in [6, 6.07) is 15.2. The topological polar surface area (TPSA) is 124 Å². The molecule has 0 aliphatic carbocycles. The van der Waals surface area contributed by atoms with Crippen LogP contribution in [0.25, 0.3) is 0 Å². The molecule has 0 spiro atoms. The number of benzene rings is 2. The van der Waals surface area contributed by atoms with Crippen molar-refractivity contribution in [1.29, 1.82) is 5.26 Å². The van der Waals surface area contributed by atoms with Crippen LogP contribution in [0.2, 0.25) is 0 Å². The molecule has 0 aliphatic heterocycles. The van der Waals surface area contributed by atoms with Gasteiger partial charge < -0.3 is 10.2 Å². The van der Waals surface area contributed by atoms with Gasteiger partial charge in [-0.3, -0.25) is 14.9 Å². The maximum atomic E-state index is 11.7. The number of nitrogens with zero attached hydrogens (tertiary/aromatic N) is 5. The quantitative estimate of drug-likeness (QED) is 0.366. The van der Waals surface area contributed by atoms with Gasteiger partial charge in [-0.25, -0.2) is 0 Å². The highest BCUT2D eigenvalue weighted by Crippen LogP contribution is 2.24. The molecule has 2 rings (SSSR count). The van der Waals surface area contributed by atoms with Gasteiger partial charge in [-0.15, -0.1) is 0 Å². The van der Waals surface area contributed by atoms with Crippen molar-refractivity contribution < 1.29 is 9.72 Å². The third-order valence-electron chi connectivity index (χ3n) is 4.03. The van der Waals surface area contributed by atoms with E-state index in [0.29, 0.717) is 43.9 Å². The summed E-state index contributed by atoms with van der Waals surface area (Å²) >= 11 is 0. The molecule has 9 nitrogen and oxygen atoms in total. The van der Waals surface area contributed by atoms with Crippen LogP contribution in [0, 0.1) is 21.4 Å². The van der Waals surface area contributed by atoms with Gasteiger partial charge in [0.25, 0.3) is 5.69 Å². The number of azo groups is 1. The second-order valence-electron chi connectivity index (χ2n) is 6.09. The van der Waals surface area contributed by atoms with Gasteiger partial charge in [0.2, 0.25) is 5.91 Å². The van der Waals surface area contributed by atoms with E-state index in [9.17, 15) is 14.9 Å². The van der Waals surface area contributed by atoms with Gasteiger partial charge >= 0.3 is 0 Å². The first-order valence-corrected chi connectivity index (χ1v) is 9.18. The first-order valence-electron chi connectivity index (χ1n) is 9.18. The lowest BCUT2D eigenvalue weighted by atomic mass is 10.2. The molecule has 150 valence electrons. The largest absolute Gasteiger partial charge is 0.370 e. The summed E-state index contributed by atoms with van der Waals surface area (Å²) in [5, 5.41) is 30.5. The fourth-order valence-corrected chi connectivity index (χ4v) is 2.56. The lowest BCUT2D eigenvalue weighted by molar-refractivity contribution is -0.384. The highest BCUT2D eigenvalue weighted by atomic mass is 16.6. The molecule has 0 saturated carbocycles. The number of rotatable bonds is 10. The zero-order chi connectivity index (χ0) is 21.1. The zero-order valence-electron chi connectivity index (χ0n) is 16.1. The van der Waals surface area contributed by atoms with Gasteiger partial charge in [0, 0.05) is 43.9 Å². The van der Waals surface area contributed by atoms with E-state index in [-0.39, 0.29) is 11.6 Å². The number of amides is 1. The minimum absolute atomic E-state index is 0.00150. The van der Waals surface area contributed by atoms with Crippen LogP contribution in [0.15, 0.2) is 58.8 Å². The third kappa shape index (κ3) is 7.03. The van der Waals surface area contributed by atoms with Gasteiger partial charge in [0.15, 0.2) is 0 Å². The molecule has 0 atom stereocenters. The molecule has 1 amide bonds. The number of nitro benzene ring substituents is 1. The van der Waals surface area contributed by atoms with Gasteiger partial charge in [0.1, 0.15) is 0 Å². The van der Waals surface area contributed by atoms with Crippen molar-refractivity contribution in [2.75, 3.05) is 24.5 Å². The van der Waals surface area contributed by atoms with Crippen molar-refractivity contribution in [2.45, 2.75) is 19.8 Å². The minimum atomic E-state index is -0.469. The van der Waals surface area contributed by atoms with Crippen LogP contribution >= 0.6 is 0 Å². The SMILES string of the molecule is CCNC(=O)CCN(CCC#N)c1ccc(N=Nc2ccc([N+](=O)[O-])cc2)cc1. The molecule has 9 heteroatoms. The Morgan fingerprint density at radius 2 is 1.69 bits per heavy atom. The Hall–Kier alpha value is -3.80. The number of nitrogens with one attached hydrogen (secondary N) is 1. The molecule has 0 heterocycles. The molecule has 0 bridgehead atoms. The Kier molecular flexibility index (Phi) is 8.26. The van der Waals surface area contributed by atoms with E-state index in [2.05, 4.69) is 21.6 Å². The van der Waals surface area contributed by atoms with Crippen molar-refractivity contribution in [3.8, 4) is 6.07 Å². The molecular formula is C20H22N6O3. The summed E-state index contributed by atoms with van der Waals surface area (Å²) in [7, 11) is 0. The molecule has 0 fully saturated rings. The minimum Gasteiger partial charge on any atom is -0.370 e. The second-order valence-corrected chi connectivity index (χ2v) is 6.09. The second kappa shape index (κ2) is 11.1. The van der Waals surface area contributed by atoms with Crippen LogP contribution in [0.4, 0.5) is 22.7 Å². The highest BCUT2D eigenvalue weighted by Gasteiger charge is 2.09. The number of non-ortho nitro benzene ring substituents is 1. The Bertz CT molecular complexity index is 888. The predicted molar refractivity (Wildman–Crippen MR) is 109 cm³/mol. The molecule has 0 aliphatic rings. The lowest BCUT2D eigenvalue weighted by Gasteiger charge is -2.23. The molecule has 0 saturated heterocycles. The number of nitro groups is 1. The van der Waals surface area contributed by atoms with Crippen LogP contribution in [0.3, 0.4) is 0 Å². The summed E-state index contributed by atoms with van der Waals surface area (Å²) in [6.45, 7) is 3.50. The van der Waals surface area contributed by atoms with Crippen LogP contribution in [-0.4, -0.2) is 30.5 Å². The molecule has 2 aromatic carbocycles. The molecular weight excluding hydrogens is 372 g/mol. The normalized spacial score (nSPS) is 10.5. The van der Waals surface area contributed by atoms with Crippen LogP contribution in [-0.2, 0) is 4.79 Å². The maximum absolute atomic E-state index is 11.7. The smallest absolute Gasteiger partial charge is 0.269 e.